The molecule has 3 amide bonds. The van der Waals surface area contributed by atoms with Crippen molar-refractivity contribution in [1.29, 1.82) is 0 Å². The van der Waals surface area contributed by atoms with Crippen molar-refractivity contribution in [2.75, 3.05) is 19.0 Å². The van der Waals surface area contributed by atoms with Gasteiger partial charge in [-0.25, -0.2) is 4.79 Å². The topological polar surface area (TPSA) is 52.7 Å². The van der Waals surface area contributed by atoms with E-state index in [4.69, 9.17) is 0 Å². The zero-order valence-electron chi connectivity index (χ0n) is 14.6. The van der Waals surface area contributed by atoms with Gasteiger partial charge in [-0.2, -0.15) is 0 Å². The fourth-order valence-electron chi connectivity index (χ4n) is 2.74. The van der Waals surface area contributed by atoms with Gasteiger partial charge in [-0.05, 0) is 36.3 Å². The molecule has 0 aliphatic carbocycles. The summed E-state index contributed by atoms with van der Waals surface area (Å²) in [5.41, 5.74) is 4.27. The van der Waals surface area contributed by atoms with Crippen molar-refractivity contribution in [2.45, 2.75) is 13.5 Å². The Bertz CT molecular complexity index is 838. The molecule has 1 saturated heterocycles. The summed E-state index contributed by atoms with van der Waals surface area (Å²) in [5, 5.41) is 2.66. The second-order valence-electron chi connectivity index (χ2n) is 6.35. The average Bonchev–Trinajstić information content (AvgIpc) is 2.83. The van der Waals surface area contributed by atoms with E-state index in [-0.39, 0.29) is 18.5 Å². The molecule has 3 rings (SSSR count). The maximum absolute atomic E-state index is 12.6. The Morgan fingerprint density at radius 2 is 1.80 bits per heavy atom. The normalized spacial score (nSPS) is 15.6. The molecule has 1 heterocycles. The molecule has 5 heteroatoms. The summed E-state index contributed by atoms with van der Waals surface area (Å²) < 4.78 is 0. The second kappa shape index (κ2) is 6.81. The van der Waals surface area contributed by atoms with Gasteiger partial charge in [0.25, 0.3) is 5.91 Å². The number of anilines is 1. The maximum atomic E-state index is 12.6. The van der Waals surface area contributed by atoms with E-state index in [2.05, 4.69) is 5.32 Å². The third kappa shape index (κ3) is 3.71. The van der Waals surface area contributed by atoms with Crippen LogP contribution in [0.3, 0.4) is 0 Å². The minimum absolute atomic E-state index is 0.267. The highest BCUT2D eigenvalue weighted by molar-refractivity contribution is 6.13. The van der Waals surface area contributed by atoms with Crippen LogP contribution in [-0.4, -0.2) is 30.9 Å². The van der Waals surface area contributed by atoms with Crippen LogP contribution in [0.5, 0.6) is 0 Å². The molecule has 0 saturated carbocycles. The van der Waals surface area contributed by atoms with E-state index >= 15 is 0 Å². The van der Waals surface area contributed by atoms with Gasteiger partial charge in [-0.15, -0.1) is 0 Å². The number of rotatable bonds is 4. The van der Waals surface area contributed by atoms with E-state index in [1.165, 1.54) is 4.90 Å². The lowest BCUT2D eigenvalue weighted by Crippen LogP contribution is -2.30. The number of urea groups is 1. The highest BCUT2D eigenvalue weighted by Gasteiger charge is 2.33. The molecule has 1 aliphatic heterocycles. The van der Waals surface area contributed by atoms with Crippen molar-refractivity contribution < 1.29 is 9.59 Å². The lowest BCUT2D eigenvalue weighted by atomic mass is 10.1. The first kappa shape index (κ1) is 16.8. The lowest BCUT2D eigenvalue weighted by molar-refractivity contribution is -0.123. The Kier molecular flexibility index (Phi) is 4.57. The number of amides is 3. The molecule has 1 aliphatic rings. The van der Waals surface area contributed by atoms with Crippen molar-refractivity contribution in [3.63, 3.8) is 0 Å². The predicted octanol–water partition coefficient (Wildman–Crippen LogP) is 3.15. The first-order chi connectivity index (χ1) is 11.9. The van der Waals surface area contributed by atoms with Crippen LogP contribution >= 0.6 is 0 Å². The van der Waals surface area contributed by atoms with Crippen LogP contribution in [-0.2, 0) is 11.3 Å². The van der Waals surface area contributed by atoms with Gasteiger partial charge in [0.1, 0.15) is 5.70 Å². The van der Waals surface area contributed by atoms with Crippen LogP contribution < -0.4 is 10.2 Å². The molecule has 1 N–H and O–H groups in total. The van der Waals surface area contributed by atoms with Crippen molar-refractivity contribution >= 4 is 23.7 Å². The van der Waals surface area contributed by atoms with Crippen LogP contribution in [0.2, 0.25) is 0 Å². The van der Waals surface area contributed by atoms with Gasteiger partial charge in [0.2, 0.25) is 0 Å². The van der Waals surface area contributed by atoms with Gasteiger partial charge in [-0.3, -0.25) is 9.69 Å². The number of hydrogen-bond donors (Lipinski definition) is 1. The summed E-state index contributed by atoms with van der Waals surface area (Å²) >= 11 is 0. The molecular formula is C20H21N3O2. The molecule has 2 aromatic carbocycles. The third-order valence-corrected chi connectivity index (χ3v) is 4.11. The van der Waals surface area contributed by atoms with Gasteiger partial charge >= 0.3 is 6.03 Å². The molecule has 2 aromatic rings. The fraction of sp³-hybridized carbons (Fsp3) is 0.200. The molecular weight excluding hydrogens is 314 g/mol. The minimum atomic E-state index is -0.386. The fourth-order valence-corrected chi connectivity index (χ4v) is 2.74. The number of imide groups is 1. The van der Waals surface area contributed by atoms with E-state index in [9.17, 15) is 9.59 Å². The first-order valence-electron chi connectivity index (χ1n) is 8.11. The molecule has 0 radical (unpaired) electrons. The molecule has 0 spiro atoms. The van der Waals surface area contributed by atoms with Gasteiger partial charge in [0.05, 0.1) is 6.54 Å². The van der Waals surface area contributed by atoms with Gasteiger partial charge in [0.15, 0.2) is 0 Å². The van der Waals surface area contributed by atoms with Crippen LogP contribution in [0.4, 0.5) is 10.5 Å². The molecule has 5 nitrogen and oxygen atoms in total. The van der Waals surface area contributed by atoms with Crippen molar-refractivity contribution in [3.05, 3.63) is 70.9 Å². The SMILES string of the molecule is Cc1cccc(CN2C(=O)N/C(=C/c3ccc(N(C)C)cc3)C2=O)c1. The van der Waals surface area contributed by atoms with E-state index in [1.54, 1.807) is 6.08 Å². The predicted molar refractivity (Wildman–Crippen MR) is 99.0 cm³/mol. The Morgan fingerprint density at radius 3 is 2.44 bits per heavy atom. The summed E-state index contributed by atoms with van der Waals surface area (Å²) in [6.07, 6.45) is 1.70. The summed E-state index contributed by atoms with van der Waals surface area (Å²) in [4.78, 5) is 27.9. The summed E-state index contributed by atoms with van der Waals surface area (Å²) in [6, 6.07) is 15.2. The van der Waals surface area contributed by atoms with E-state index in [1.807, 2.05) is 74.4 Å². The number of hydrogen-bond acceptors (Lipinski definition) is 3. The van der Waals surface area contributed by atoms with Gasteiger partial charge in [0, 0.05) is 19.8 Å². The first-order valence-corrected chi connectivity index (χ1v) is 8.11. The quantitative estimate of drug-likeness (QED) is 0.690. The molecule has 1 fully saturated rings. The largest absolute Gasteiger partial charge is 0.378 e. The number of benzene rings is 2. The summed E-state index contributed by atoms with van der Waals surface area (Å²) in [5.74, 6) is -0.303. The summed E-state index contributed by atoms with van der Waals surface area (Å²) in [7, 11) is 3.94. The zero-order chi connectivity index (χ0) is 18.0. The third-order valence-electron chi connectivity index (χ3n) is 4.11. The zero-order valence-corrected chi connectivity index (χ0v) is 14.6. The Labute approximate surface area is 147 Å². The van der Waals surface area contributed by atoms with Gasteiger partial charge < -0.3 is 10.2 Å². The number of nitrogens with one attached hydrogen (secondary N) is 1. The number of carbonyl (C=O) groups excluding carboxylic acids is 2. The Hall–Kier alpha value is -3.08. The molecule has 0 bridgehead atoms. The highest BCUT2D eigenvalue weighted by atomic mass is 16.2. The smallest absolute Gasteiger partial charge is 0.329 e. The lowest BCUT2D eigenvalue weighted by Gasteiger charge is -2.12. The van der Waals surface area contributed by atoms with E-state index < -0.39 is 0 Å². The second-order valence-corrected chi connectivity index (χ2v) is 6.35. The van der Waals surface area contributed by atoms with Crippen molar-refractivity contribution in [1.82, 2.24) is 10.2 Å². The van der Waals surface area contributed by atoms with E-state index in [0.717, 1.165) is 22.4 Å². The molecule has 0 unspecified atom stereocenters. The van der Waals surface area contributed by atoms with Crippen LogP contribution in [0.15, 0.2) is 54.2 Å². The van der Waals surface area contributed by atoms with Crippen LogP contribution in [0, 0.1) is 6.92 Å². The highest BCUT2D eigenvalue weighted by Crippen LogP contribution is 2.19. The molecule has 128 valence electrons. The summed E-state index contributed by atoms with van der Waals surface area (Å²) in [6.45, 7) is 2.25. The molecule has 25 heavy (non-hydrogen) atoms. The molecule has 0 aromatic heterocycles. The number of aryl methyl sites for hydroxylation is 1. The van der Waals surface area contributed by atoms with Crippen molar-refractivity contribution in [3.8, 4) is 0 Å². The maximum Gasteiger partial charge on any atom is 0.329 e. The molecule has 0 atom stereocenters. The number of nitrogens with zero attached hydrogens (tertiary/aromatic N) is 2. The Morgan fingerprint density at radius 1 is 1.08 bits per heavy atom. The average molecular weight is 335 g/mol. The minimum Gasteiger partial charge on any atom is -0.378 e. The Balaban J connectivity index is 1.78. The van der Waals surface area contributed by atoms with Crippen molar-refractivity contribution in [2.24, 2.45) is 0 Å². The monoisotopic (exact) mass is 335 g/mol. The van der Waals surface area contributed by atoms with Gasteiger partial charge in [-0.1, -0.05) is 42.0 Å². The number of carbonyl (C=O) groups is 2. The van der Waals surface area contributed by atoms with E-state index in [0.29, 0.717) is 5.70 Å². The van der Waals surface area contributed by atoms with Crippen LogP contribution in [0.25, 0.3) is 6.08 Å². The standard InChI is InChI=1S/C20H21N3O2/c1-14-5-4-6-16(11-14)13-23-19(24)18(21-20(23)25)12-15-7-9-17(10-8-15)22(2)3/h4-12H,13H2,1-3H3,(H,21,25)/b18-12+. The van der Waals surface area contributed by atoms with Crippen LogP contribution in [0.1, 0.15) is 16.7 Å².